The average Bonchev–Trinajstić information content (AvgIpc) is 3.46. The van der Waals surface area contributed by atoms with Gasteiger partial charge in [-0.05, 0) is 13.0 Å². The monoisotopic (exact) mass is 479 g/mol. The number of carbonyl (C=O) groups is 2. The summed E-state index contributed by atoms with van der Waals surface area (Å²) >= 11 is 0. The Morgan fingerprint density at radius 2 is 1.56 bits per heavy atom. The zero-order valence-electron chi connectivity index (χ0n) is 17.9. The molecule has 0 aliphatic carbocycles. The third-order valence-electron chi connectivity index (χ3n) is 5.04. The topological polar surface area (TPSA) is 124 Å². The molecule has 4 aromatic rings. The highest BCUT2D eigenvalue weighted by Gasteiger charge is 2.24. The fourth-order valence-corrected chi connectivity index (χ4v) is 3.18. The Morgan fingerprint density at radius 1 is 0.912 bits per heavy atom. The highest BCUT2D eigenvalue weighted by molar-refractivity contribution is 6.11. The van der Waals surface area contributed by atoms with Crippen molar-refractivity contribution in [1.29, 1.82) is 0 Å². The molecule has 0 atom stereocenters. The lowest BCUT2D eigenvalue weighted by Gasteiger charge is -2.08. The van der Waals surface area contributed by atoms with Crippen LogP contribution in [0.2, 0.25) is 0 Å². The molecule has 4 rings (SSSR count). The Bertz CT molecular complexity index is 1410. The van der Waals surface area contributed by atoms with Gasteiger partial charge in [0, 0.05) is 20.2 Å². The number of amides is 2. The van der Waals surface area contributed by atoms with Crippen molar-refractivity contribution >= 4 is 28.8 Å². The van der Waals surface area contributed by atoms with Crippen molar-refractivity contribution in [2.45, 2.75) is 19.8 Å². The molecule has 0 bridgehead atoms. The Morgan fingerprint density at radius 3 is 2.18 bits per heavy atom. The van der Waals surface area contributed by atoms with Gasteiger partial charge in [0.1, 0.15) is 17.1 Å². The zero-order valence-corrected chi connectivity index (χ0v) is 17.9. The molecule has 0 saturated heterocycles. The fraction of sp³-hybridized carbons (Fsp3) is 0.263. The van der Waals surface area contributed by atoms with Gasteiger partial charge in [-0.2, -0.15) is 15.3 Å². The normalized spacial score (nSPS) is 11.6. The summed E-state index contributed by atoms with van der Waals surface area (Å²) in [5.41, 5.74) is -1.29. The van der Waals surface area contributed by atoms with Gasteiger partial charge in [-0.15, -0.1) is 0 Å². The van der Waals surface area contributed by atoms with Gasteiger partial charge >= 0.3 is 0 Å². The number of fused-ring (bicyclic) bond motifs is 1. The molecular weight excluding hydrogens is 462 g/mol. The summed E-state index contributed by atoms with van der Waals surface area (Å²) in [6, 6.07) is 1.52. The lowest BCUT2D eigenvalue weighted by molar-refractivity contribution is 0.101. The smallest absolute Gasteiger partial charge is 0.280 e. The third-order valence-corrected chi connectivity index (χ3v) is 5.04. The van der Waals surface area contributed by atoms with Crippen LogP contribution in [0.25, 0.3) is 5.65 Å². The molecule has 0 spiro atoms. The van der Waals surface area contributed by atoms with E-state index in [1.54, 1.807) is 18.7 Å². The molecule has 178 valence electrons. The number of halogens is 4. The van der Waals surface area contributed by atoms with E-state index < -0.39 is 36.1 Å². The summed E-state index contributed by atoms with van der Waals surface area (Å²) in [7, 11) is 3.18. The Kier molecular flexibility index (Phi) is 5.76. The zero-order chi connectivity index (χ0) is 24.7. The summed E-state index contributed by atoms with van der Waals surface area (Å²) in [6.07, 6.45) is -3.55. The number of alkyl halides is 4. The third kappa shape index (κ3) is 4.06. The predicted molar refractivity (Wildman–Crippen MR) is 110 cm³/mol. The van der Waals surface area contributed by atoms with Crippen LogP contribution in [0.4, 0.5) is 28.9 Å². The van der Waals surface area contributed by atoms with E-state index in [0.717, 1.165) is 6.07 Å². The quantitative estimate of drug-likeness (QED) is 0.410. The minimum absolute atomic E-state index is 0.00764. The molecule has 2 N–H and O–H groups in total. The van der Waals surface area contributed by atoms with Crippen LogP contribution in [0.15, 0.2) is 24.5 Å². The molecule has 4 heterocycles. The van der Waals surface area contributed by atoms with Crippen LogP contribution < -0.4 is 10.6 Å². The molecule has 0 fully saturated rings. The molecule has 0 aliphatic rings. The van der Waals surface area contributed by atoms with Gasteiger partial charge in [0.05, 0.1) is 29.5 Å². The molecule has 0 aromatic carbocycles. The summed E-state index contributed by atoms with van der Waals surface area (Å²) in [6.45, 7) is 1.75. The van der Waals surface area contributed by atoms with Crippen LogP contribution in [0.5, 0.6) is 0 Å². The van der Waals surface area contributed by atoms with Crippen LogP contribution in [0.3, 0.4) is 0 Å². The van der Waals surface area contributed by atoms with Crippen LogP contribution in [-0.4, -0.2) is 46.0 Å². The van der Waals surface area contributed by atoms with E-state index in [1.165, 1.54) is 24.1 Å². The summed E-state index contributed by atoms with van der Waals surface area (Å²) in [5.74, 6) is -1.48. The Balaban J connectivity index is 1.63. The molecule has 4 aromatic heterocycles. The van der Waals surface area contributed by atoms with Crippen molar-refractivity contribution in [3.8, 4) is 0 Å². The highest BCUT2D eigenvalue weighted by atomic mass is 19.3. The average molecular weight is 479 g/mol. The summed E-state index contributed by atoms with van der Waals surface area (Å²) < 4.78 is 56.2. The van der Waals surface area contributed by atoms with Crippen LogP contribution in [0.1, 0.15) is 50.9 Å². The number of nitrogens with zero attached hydrogens (tertiary/aromatic N) is 7. The van der Waals surface area contributed by atoms with Gasteiger partial charge in [-0.3, -0.25) is 19.0 Å². The highest BCUT2D eigenvalue weighted by Crippen LogP contribution is 2.26. The van der Waals surface area contributed by atoms with Crippen LogP contribution >= 0.6 is 0 Å². The first kappa shape index (κ1) is 22.9. The first-order valence-electron chi connectivity index (χ1n) is 9.67. The number of aromatic nitrogens is 7. The molecule has 0 aliphatic heterocycles. The summed E-state index contributed by atoms with van der Waals surface area (Å²) in [4.78, 5) is 29.1. The molecule has 0 saturated carbocycles. The van der Waals surface area contributed by atoms with Crippen LogP contribution in [-0.2, 0) is 14.1 Å². The van der Waals surface area contributed by atoms with Gasteiger partial charge < -0.3 is 10.6 Å². The number of hydrogen-bond donors (Lipinski definition) is 2. The van der Waals surface area contributed by atoms with E-state index in [-0.39, 0.29) is 22.7 Å². The minimum Gasteiger partial charge on any atom is -0.318 e. The van der Waals surface area contributed by atoms with Crippen molar-refractivity contribution in [3.63, 3.8) is 0 Å². The molecule has 15 heteroatoms. The molecule has 0 radical (unpaired) electrons. The van der Waals surface area contributed by atoms with Crippen molar-refractivity contribution < 1.29 is 27.2 Å². The number of anilines is 2. The predicted octanol–water partition coefficient (Wildman–Crippen LogP) is 2.88. The molecule has 11 nitrogen and oxygen atoms in total. The Labute approximate surface area is 188 Å². The van der Waals surface area contributed by atoms with E-state index in [1.807, 2.05) is 0 Å². The Hall–Kier alpha value is -4.30. The first-order valence-corrected chi connectivity index (χ1v) is 9.67. The second kappa shape index (κ2) is 8.57. The van der Waals surface area contributed by atoms with E-state index >= 15 is 0 Å². The second-order valence-corrected chi connectivity index (χ2v) is 7.21. The number of carbonyl (C=O) groups excluding carboxylic acids is 2. The SMILES string of the molecule is Cc1c(NC(=O)c2c(NC(=O)c3cc4nc(C(F)F)cc(C(F)F)n4n3)cnn2C)cnn1C. The number of hydrogen-bond acceptors (Lipinski definition) is 6. The second-order valence-electron chi connectivity index (χ2n) is 7.21. The lowest BCUT2D eigenvalue weighted by Crippen LogP contribution is -2.20. The number of aryl methyl sites for hydroxylation is 2. The van der Waals surface area contributed by atoms with E-state index in [2.05, 4.69) is 30.9 Å². The van der Waals surface area contributed by atoms with Gasteiger partial charge in [-0.25, -0.2) is 27.1 Å². The van der Waals surface area contributed by atoms with Crippen molar-refractivity contribution in [1.82, 2.24) is 34.2 Å². The lowest BCUT2D eigenvalue weighted by atomic mass is 10.3. The number of nitrogens with one attached hydrogen (secondary N) is 2. The van der Waals surface area contributed by atoms with Crippen LogP contribution in [0, 0.1) is 6.92 Å². The van der Waals surface area contributed by atoms with Gasteiger partial charge in [-0.1, -0.05) is 0 Å². The van der Waals surface area contributed by atoms with Crippen molar-refractivity contribution in [2.24, 2.45) is 14.1 Å². The summed E-state index contributed by atoms with van der Waals surface area (Å²) in [5, 5.41) is 16.9. The maximum absolute atomic E-state index is 13.4. The largest absolute Gasteiger partial charge is 0.318 e. The van der Waals surface area contributed by atoms with Gasteiger partial charge in [0.25, 0.3) is 24.7 Å². The molecule has 2 amide bonds. The standard InChI is InChI=1S/C19H17F4N9O2/c1-8-11(6-24-30(8)2)27-19(34)15-12(7-25-31(15)3)28-18(33)10-5-14-26-9(16(20)21)4-13(17(22)23)32(14)29-10/h4-7,16-17H,1-3H3,(H,27,34)(H,28,33). The van der Waals surface area contributed by atoms with Crippen molar-refractivity contribution in [3.05, 3.63) is 53.0 Å². The van der Waals surface area contributed by atoms with Gasteiger partial charge in [0.15, 0.2) is 11.3 Å². The van der Waals surface area contributed by atoms with E-state index in [9.17, 15) is 27.2 Å². The minimum atomic E-state index is -3.14. The van der Waals surface area contributed by atoms with E-state index in [4.69, 9.17) is 0 Å². The van der Waals surface area contributed by atoms with Crippen molar-refractivity contribution in [2.75, 3.05) is 10.6 Å². The first-order chi connectivity index (χ1) is 16.1. The maximum Gasteiger partial charge on any atom is 0.280 e. The van der Waals surface area contributed by atoms with Gasteiger partial charge in [0.2, 0.25) is 0 Å². The van der Waals surface area contributed by atoms with E-state index in [0.29, 0.717) is 22.0 Å². The number of rotatable bonds is 6. The molecule has 0 unspecified atom stereocenters. The maximum atomic E-state index is 13.4. The fourth-order valence-electron chi connectivity index (χ4n) is 3.18. The molecule has 34 heavy (non-hydrogen) atoms. The molecular formula is C19H17F4N9O2.